The molecular weight excluding hydrogens is 362 g/mol. The number of hydrogen-bond donors (Lipinski definition) is 1. The van der Waals surface area contributed by atoms with Gasteiger partial charge in [-0.2, -0.15) is 0 Å². The zero-order valence-corrected chi connectivity index (χ0v) is 16.9. The highest BCUT2D eigenvalue weighted by molar-refractivity contribution is 5.84. The summed E-state index contributed by atoms with van der Waals surface area (Å²) in [5.41, 5.74) is 5.45. The van der Waals surface area contributed by atoms with E-state index in [1.807, 2.05) is 24.3 Å². The van der Waals surface area contributed by atoms with Crippen LogP contribution in [0, 0.1) is 6.92 Å². The van der Waals surface area contributed by atoms with Crippen LogP contribution in [0.2, 0.25) is 0 Å². The van der Waals surface area contributed by atoms with Crippen molar-refractivity contribution in [3.05, 3.63) is 70.3 Å². The molecule has 1 spiro atoms. The quantitative estimate of drug-likeness (QED) is 0.455. The van der Waals surface area contributed by atoms with Crippen LogP contribution in [-0.2, 0) is 12.8 Å². The Hall–Kier alpha value is -2.75. The molecule has 4 heteroatoms. The van der Waals surface area contributed by atoms with Crippen molar-refractivity contribution >= 4 is 11.0 Å². The fourth-order valence-electron chi connectivity index (χ4n) is 5.05. The molecule has 2 heterocycles. The first-order chi connectivity index (χ1) is 14.2. The normalized spacial score (nSPS) is 18.6. The van der Waals surface area contributed by atoms with Crippen LogP contribution in [0.4, 0.5) is 0 Å². The maximum absolute atomic E-state index is 9.62. The van der Waals surface area contributed by atoms with Gasteiger partial charge in [-0.05, 0) is 73.4 Å². The second-order valence-electron chi connectivity index (χ2n) is 8.57. The average molecular weight is 389 g/mol. The number of hydrogen-bond acceptors (Lipinski definition) is 4. The molecule has 2 aromatic carbocycles. The molecule has 1 aliphatic heterocycles. The van der Waals surface area contributed by atoms with Gasteiger partial charge < -0.3 is 14.4 Å². The van der Waals surface area contributed by atoms with Crippen LogP contribution in [0.1, 0.15) is 60.8 Å². The van der Waals surface area contributed by atoms with E-state index in [4.69, 9.17) is 9.15 Å². The molecule has 3 aromatic rings. The monoisotopic (exact) mass is 389 g/mol. The van der Waals surface area contributed by atoms with E-state index < -0.39 is 0 Å². The fraction of sp³-hybridized carbons (Fsp3) is 0.400. The fourth-order valence-corrected chi connectivity index (χ4v) is 5.05. The SMILES string of the molecule is Cc1c(Cc2ccccc2)/c(=N\O)oc2cc3c(cc12)CCC1(CCCCC1)O3. The van der Waals surface area contributed by atoms with Crippen LogP contribution < -0.4 is 10.3 Å². The van der Waals surface area contributed by atoms with Gasteiger partial charge in [0.2, 0.25) is 0 Å². The van der Waals surface area contributed by atoms with Crippen LogP contribution in [0.15, 0.2) is 52.0 Å². The van der Waals surface area contributed by atoms with Gasteiger partial charge in [0.1, 0.15) is 16.9 Å². The van der Waals surface area contributed by atoms with E-state index in [0.29, 0.717) is 6.42 Å². The summed E-state index contributed by atoms with van der Waals surface area (Å²) in [6, 6.07) is 14.4. The molecule has 2 aliphatic rings. The molecule has 1 N–H and O–H groups in total. The predicted octanol–water partition coefficient (Wildman–Crippen LogP) is 5.65. The highest BCUT2D eigenvalue weighted by Gasteiger charge is 2.37. The highest BCUT2D eigenvalue weighted by Crippen LogP contribution is 2.43. The molecule has 0 radical (unpaired) electrons. The van der Waals surface area contributed by atoms with E-state index in [0.717, 1.165) is 59.1 Å². The third-order valence-corrected chi connectivity index (χ3v) is 6.74. The molecule has 1 saturated carbocycles. The van der Waals surface area contributed by atoms with Crippen molar-refractivity contribution in [1.29, 1.82) is 0 Å². The van der Waals surface area contributed by atoms with Gasteiger partial charge in [0.05, 0.1) is 0 Å². The number of fused-ring (bicyclic) bond motifs is 2. The first-order valence-corrected chi connectivity index (χ1v) is 10.7. The Morgan fingerprint density at radius 2 is 1.83 bits per heavy atom. The Bertz CT molecular complexity index is 1110. The largest absolute Gasteiger partial charge is 0.487 e. The lowest BCUT2D eigenvalue weighted by molar-refractivity contribution is 0.0109. The van der Waals surface area contributed by atoms with Crippen LogP contribution in [0.5, 0.6) is 5.75 Å². The predicted molar refractivity (Wildman–Crippen MR) is 112 cm³/mol. The van der Waals surface area contributed by atoms with Gasteiger partial charge in [-0.3, -0.25) is 0 Å². The summed E-state index contributed by atoms with van der Waals surface area (Å²) >= 11 is 0. The van der Waals surface area contributed by atoms with Crippen molar-refractivity contribution in [3.63, 3.8) is 0 Å². The molecule has 1 aromatic heterocycles. The Kier molecular flexibility index (Phi) is 4.57. The molecule has 0 saturated heterocycles. The highest BCUT2D eigenvalue weighted by atomic mass is 16.5. The molecular formula is C25H27NO3. The minimum absolute atomic E-state index is 0.00536. The lowest BCUT2D eigenvalue weighted by atomic mass is 9.79. The Morgan fingerprint density at radius 1 is 1.03 bits per heavy atom. The number of aryl methyl sites for hydroxylation is 2. The molecule has 150 valence electrons. The van der Waals surface area contributed by atoms with Gasteiger partial charge in [0, 0.05) is 23.4 Å². The van der Waals surface area contributed by atoms with Crippen LogP contribution in [0.3, 0.4) is 0 Å². The lowest BCUT2D eigenvalue weighted by Gasteiger charge is -2.41. The van der Waals surface area contributed by atoms with E-state index >= 15 is 0 Å². The van der Waals surface area contributed by atoms with Crippen LogP contribution in [0.25, 0.3) is 11.0 Å². The van der Waals surface area contributed by atoms with E-state index in [1.165, 1.54) is 24.8 Å². The molecule has 1 fully saturated rings. The molecule has 0 amide bonds. The van der Waals surface area contributed by atoms with E-state index in [2.05, 4.69) is 30.3 Å². The van der Waals surface area contributed by atoms with Gasteiger partial charge in [0.25, 0.3) is 5.55 Å². The number of nitrogens with zero attached hydrogens (tertiary/aromatic N) is 1. The summed E-state index contributed by atoms with van der Waals surface area (Å²) in [6.07, 6.45) is 8.93. The number of rotatable bonds is 2. The van der Waals surface area contributed by atoms with Crippen molar-refractivity contribution in [2.45, 2.75) is 63.9 Å². The Balaban J connectivity index is 1.59. The topological polar surface area (TPSA) is 55.0 Å². The zero-order valence-electron chi connectivity index (χ0n) is 16.9. The molecule has 4 nitrogen and oxygen atoms in total. The first-order valence-electron chi connectivity index (χ1n) is 10.7. The van der Waals surface area contributed by atoms with Gasteiger partial charge in [0.15, 0.2) is 0 Å². The standard InChI is InChI=1S/C25H27NO3/c1-17-20-15-19-10-13-25(11-6-3-7-12-25)29-22(19)16-23(20)28-24(26-27)21(17)14-18-8-4-2-5-9-18/h2,4-5,8-9,15-16,27H,3,6-7,10-14H2,1H3/b26-24+. The van der Waals surface area contributed by atoms with Crippen LogP contribution in [-0.4, -0.2) is 10.8 Å². The Labute approximate surface area is 170 Å². The number of benzene rings is 2. The third kappa shape index (κ3) is 3.31. The Morgan fingerprint density at radius 3 is 2.59 bits per heavy atom. The van der Waals surface area contributed by atoms with Gasteiger partial charge >= 0.3 is 0 Å². The second kappa shape index (κ2) is 7.25. The molecule has 1 aliphatic carbocycles. The van der Waals surface area contributed by atoms with Crippen molar-refractivity contribution in [2.75, 3.05) is 0 Å². The first kappa shape index (κ1) is 18.3. The minimum atomic E-state index is 0.00536. The van der Waals surface area contributed by atoms with E-state index in [1.54, 1.807) is 0 Å². The molecule has 0 unspecified atom stereocenters. The van der Waals surface area contributed by atoms with E-state index in [-0.39, 0.29) is 11.2 Å². The van der Waals surface area contributed by atoms with Crippen molar-refractivity contribution in [3.8, 4) is 5.75 Å². The molecule has 29 heavy (non-hydrogen) atoms. The third-order valence-electron chi connectivity index (χ3n) is 6.74. The summed E-state index contributed by atoms with van der Waals surface area (Å²) in [5.74, 6) is 0.938. The summed E-state index contributed by atoms with van der Waals surface area (Å²) in [5, 5.41) is 14.2. The average Bonchev–Trinajstić information content (AvgIpc) is 2.76. The molecule has 0 bridgehead atoms. The van der Waals surface area contributed by atoms with E-state index in [9.17, 15) is 5.21 Å². The molecule has 0 atom stereocenters. The maximum atomic E-state index is 9.62. The maximum Gasteiger partial charge on any atom is 0.259 e. The van der Waals surface area contributed by atoms with Crippen molar-refractivity contribution in [1.82, 2.24) is 0 Å². The van der Waals surface area contributed by atoms with Gasteiger partial charge in [-0.15, -0.1) is 0 Å². The van der Waals surface area contributed by atoms with Crippen molar-refractivity contribution < 1.29 is 14.4 Å². The molecule has 5 rings (SSSR count). The minimum Gasteiger partial charge on any atom is -0.487 e. The summed E-state index contributed by atoms with van der Waals surface area (Å²) in [7, 11) is 0. The summed E-state index contributed by atoms with van der Waals surface area (Å²) in [6.45, 7) is 2.09. The summed E-state index contributed by atoms with van der Waals surface area (Å²) in [4.78, 5) is 0. The van der Waals surface area contributed by atoms with Gasteiger partial charge in [-0.25, -0.2) is 0 Å². The second-order valence-corrected chi connectivity index (χ2v) is 8.57. The summed E-state index contributed by atoms with van der Waals surface area (Å²) < 4.78 is 12.6. The van der Waals surface area contributed by atoms with Gasteiger partial charge in [-0.1, -0.05) is 36.8 Å². The number of ether oxygens (including phenoxy) is 1. The lowest BCUT2D eigenvalue weighted by Crippen LogP contribution is -2.41. The smallest absolute Gasteiger partial charge is 0.259 e. The zero-order chi connectivity index (χ0) is 19.8. The van der Waals surface area contributed by atoms with Crippen molar-refractivity contribution in [2.24, 2.45) is 5.16 Å². The van der Waals surface area contributed by atoms with Crippen LogP contribution >= 0.6 is 0 Å².